The van der Waals surface area contributed by atoms with Crippen molar-refractivity contribution in [3.8, 4) is 0 Å². The standard InChI is InChI=1S/C19H20N2O3S/c22-19(20-17-8-9-17)15-6-3-7-18(12-15)25(23,24)21-11-10-14-4-1-2-5-16(14)13-21/h1-7,12,17H,8-11,13H2,(H,20,22). The van der Waals surface area contributed by atoms with Gasteiger partial charge >= 0.3 is 0 Å². The predicted molar refractivity (Wildman–Crippen MR) is 94.7 cm³/mol. The molecule has 1 heterocycles. The van der Waals surface area contributed by atoms with Gasteiger partial charge in [0, 0.05) is 24.7 Å². The van der Waals surface area contributed by atoms with Crippen LogP contribution in [0.2, 0.25) is 0 Å². The molecule has 0 atom stereocenters. The van der Waals surface area contributed by atoms with Gasteiger partial charge in [0.05, 0.1) is 4.90 Å². The van der Waals surface area contributed by atoms with E-state index in [9.17, 15) is 13.2 Å². The minimum absolute atomic E-state index is 0.176. The molecular formula is C19H20N2O3S. The van der Waals surface area contributed by atoms with Gasteiger partial charge in [-0.05, 0) is 48.6 Å². The average Bonchev–Trinajstić information content (AvgIpc) is 3.45. The number of amides is 1. The number of benzene rings is 2. The first-order chi connectivity index (χ1) is 12.0. The Morgan fingerprint density at radius 3 is 2.56 bits per heavy atom. The first-order valence-corrected chi connectivity index (χ1v) is 9.96. The quantitative estimate of drug-likeness (QED) is 0.914. The number of fused-ring (bicyclic) bond motifs is 1. The summed E-state index contributed by atoms with van der Waals surface area (Å²) in [7, 11) is -3.62. The molecule has 1 fully saturated rings. The summed E-state index contributed by atoms with van der Waals surface area (Å²) in [6.07, 6.45) is 2.70. The zero-order chi connectivity index (χ0) is 17.4. The highest BCUT2D eigenvalue weighted by Crippen LogP contribution is 2.25. The summed E-state index contributed by atoms with van der Waals surface area (Å²) in [6, 6.07) is 14.5. The highest BCUT2D eigenvalue weighted by Gasteiger charge is 2.29. The van der Waals surface area contributed by atoms with Gasteiger partial charge in [-0.15, -0.1) is 0 Å². The lowest BCUT2D eigenvalue weighted by atomic mass is 10.0. The molecule has 0 bridgehead atoms. The Hall–Kier alpha value is -2.18. The number of nitrogens with zero attached hydrogens (tertiary/aromatic N) is 1. The predicted octanol–water partition coefficient (Wildman–Crippen LogP) is 2.33. The molecule has 130 valence electrons. The van der Waals surface area contributed by atoms with Crippen LogP contribution in [0.3, 0.4) is 0 Å². The highest BCUT2D eigenvalue weighted by molar-refractivity contribution is 7.89. The van der Waals surface area contributed by atoms with Gasteiger partial charge in [0.2, 0.25) is 10.0 Å². The zero-order valence-electron chi connectivity index (χ0n) is 13.8. The first kappa shape index (κ1) is 16.3. The van der Waals surface area contributed by atoms with Gasteiger partial charge in [-0.1, -0.05) is 30.3 Å². The van der Waals surface area contributed by atoms with Gasteiger partial charge in [-0.3, -0.25) is 4.79 Å². The van der Waals surface area contributed by atoms with Crippen molar-refractivity contribution in [2.45, 2.75) is 36.7 Å². The molecule has 1 aliphatic carbocycles. The van der Waals surface area contributed by atoms with Crippen LogP contribution in [0.15, 0.2) is 53.4 Å². The van der Waals surface area contributed by atoms with Crippen LogP contribution >= 0.6 is 0 Å². The fraction of sp³-hybridized carbons (Fsp3) is 0.316. The molecule has 1 aliphatic heterocycles. The van der Waals surface area contributed by atoms with Crippen LogP contribution in [-0.4, -0.2) is 31.2 Å². The van der Waals surface area contributed by atoms with Gasteiger partial charge < -0.3 is 5.32 Å². The Labute approximate surface area is 147 Å². The van der Waals surface area contributed by atoms with E-state index in [1.54, 1.807) is 18.2 Å². The largest absolute Gasteiger partial charge is 0.349 e. The maximum atomic E-state index is 13.0. The lowest BCUT2D eigenvalue weighted by Crippen LogP contribution is -2.36. The summed E-state index contributed by atoms with van der Waals surface area (Å²) in [6.45, 7) is 0.828. The van der Waals surface area contributed by atoms with E-state index in [2.05, 4.69) is 5.32 Å². The maximum Gasteiger partial charge on any atom is 0.251 e. The van der Waals surface area contributed by atoms with Crippen LogP contribution in [0.4, 0.5) is 0 Å². The van der Waals surface area contributed by atoms with Gasteiger partial charge in [0.25, 0.3) is 5.91 Å². The Bertz CT molecular complexity index is 920. The summed E-state index contributed by atoms with van der Waals surface area (Å²) < 4.78 is 27.5. The Morgan fingerprint density at radius 1 is 1.04 bits per heavy atom. The Kier molecular flexibility index (Phi) is 4.09. The van der Waals surface area contributed by atoms with Crippen molar-refractivity contribution in [1.82, 2.24) is 9.62 Å². The number of hydrogen-bond acceptors (Lipinski definition) is 3. The summed E-state index contributed by atoms with van der Waals surface area (Å²) in [5.41, 5.74) is 2.64. The molecule has 0 radical (unpaired) electrons. The van der Waals surface area contributed by atoms with E-state index in [1.165, 1.54) is 15.9 Å². The molecular weight excluding hydrogens is 336 g/mol. The molecule has 4 rings (SSSR count). The monoisotopic (exact) mass is 356 g/mol. The van der Waals surface area contributed by atoms with E-state index in [0.717, 1.165) is 18.4 Å². The lowest BCUT2D eigenvalue weighted by Gasteiger charge is -2.28. The number of hydrogen-bond donors (Lipinski definition) is 1. The molecule has 0 unspecified atom stereocenters. The molecule has 25 heavy (non-hydrogen) atoms. The van der Waals surface area contributed by atoms with Crippen LogP contribution in [-0.2, 0) is 23.0 Å². The molecule has 0 saturated heterocycles. The summed E-state index contributed by atoms with van der Waals surface area (Å²) in [5, 5.41) is 2.89. The van der Waals surface area contributed by atoms with Gasteiger partial charge in [0.1, 0.15) is 0 Å². The number of sulfonamides is 1. The third kappa shape index (κ3) is 3.32. The van der Waals surface area contributed by atoms with E-state index >= 15 is 0 Å². The smallest absolute Gasteiger partial charge is 0.251 e. The second-order valence-corrected chi connectivity index (χ2v) is 8.57. The van der Waals surface area contributed by atoms with Gasteiger partial charge in [0.15, 0.2) is 0 Å². The minimum atomic E-state index is -3.62. The van der Waals surface area contributed by atoms with Crippen LogP contribution in [0.1, 0.15) is 34.3 Å². The molecule has 5 nitrogen and oxygen atoms in total. The second-order valence-electron chi connectivity index (χ2n) is 6.63. The van der Waals surface area contributed by atoms with Crippen molar-refractivity contribution in [1.29, 1.82) is 0 Å². The van der Waals surface area contributed by atoms with E-state index in [4.69, 9.17) is 0 Å². The summed E-state index contributed by atoms with van der Waals surface area (Å²) in [5.74, 6) is -0.205. The minimum Gasteiger partial charge on any atom is -0.349 e. The van der Waals surface area contributed by atoms with E-state index < -0.39 is 10.0 Å². The molecule has 1 N–H and O–H groups in total. The SMILES string of the molecule is O=C(NC1CC1)c1cccc(S(=O)(=O)N2CCc3ccccc3C2)c1. The third-order valence-corrected chi connectivity index (χ3v) is 6.58. The van der Waals surface area contributed by atoms with E-state index in [-0.39, 0.29) is 16.8 Å². The number of carbonyl (C=O) groups excluding carboxylic acids is 1. The van der Waals surface area contributed by atoms with Crippen LogP contribution in [0.5, 0.6) is 0 Å². The van der Waals surface area contributed by atoms with Crippen LogP contribution < -0.4 is 5.32 Å². The molecule has 2 aromatic carbocycles. The number of rotatable bonds is 4. The lowest BCUT2D eigenvalue weighted by molar-refractivity contribution is 0.0951. The fourth-order valence-electron chi connectivity index (χ4n) is 3.12. The van der Waals surface area contributed by atoms with Gasteiger partial charge in [-0.2, -0.15) is 4.31 Å². The fourth-order valence-corrected chi connectivity index (χ4v) is 4.58. The van der Waals surface area contributed by atoms with Gasteiger partial charge in [-0.25, -0.2) is 8.42 Å². The maximum absolute atomic E-state index is 13.0. The topological polar surface area (TPSA) is 66.5 Å². The molecule has 6 heteroatoms. The normalized spacial score (nSPS) is 17.8. The highest BCUT2D eigenvalue weighted by atomic mass is 32.2. The molecule has 0 aromatic heterocycles. The van der Waals surface area contributed by atoms with Crippen LogP contribution in [0.25, 0.3) is 0 Å². The third-order valence-electron chi connectivity index (χ3n) is 4.74. The van der Waals surface area contributed by atoms with Crippen LogP contribution in [0, 0.1) is 0 Å². The van der Waals surface area contributed by atoms with Crippen molar-refractivity contribution in [2.24, 2.45) is 0 Å². The number of nitrogens with one attached hydrogen (secondary N) is 1. The van der Waals surface area contributed by atoms with Crippen molar-refractivity contribution < 1.29 is 13.2 Å². The molecule has 1 amide bonds. The van der Waals surface area contributed by atoms with Crippen molar-refractivity contribution in [3.05, 3.63) is 65.2 Å². The second kappa shape index (κ2) is 6.28. The van der Waals surface area contributed by atoms with Crippen molar-refractivity contribution in [2.75, 3.05) is 6.54 Å². The van der Waals surface area contributed by atoms with Crippen molar-refractivity contribution >= 4 is 15.9 Å². The Morgan fingerprint density at radius 2 is 1.80 bits per heavy atom. The molecule has 2 aliphatic rings. The first-order valence-electron chi connectivity index (χ1n) is 8.52. The zero-order valence-corrected chi connectivity index (χ0v) is 14.6. The Balaban J connectivity index is 1.59. The summed E-state index contributed by atoms with van der Waals surface area (Å²) in [4.78, 5) is 12.4. The molecule has 1 saturated carbocycles. The summed E-state index contributed by atoms with van der Waals surface area (Å²) >= 11 is 0. The van der Waals surface area contributed by atoms with Crippen molar-refractivity contribution in [3.63, 3.8) is 0 Å². The van der Waals surface area contributed by atoms with E-state index in [1.807, 2.05) is 24.3 Å². The van der Waals surface area contributed by atoms with E-state index in [0.29, 0.717) is 25.1 Å². The molecule has 2 aromatic rings. The number of carbonyl (C=O) groups is 1. The average molecular weight is 356 g/mol. The molecule has 0 spiro atoms.